The van der Waals surface area contributed by atoms with Gasteiger partial charge in [-0.05, 0) is 43.9 Å². The summed E-state index contributed by atoms with van der Waals surface area (Å²) in [5, 5.41) is 0. The number of hydrogen-bond donors (Lipinski definition) is 0. The van der Waals surface area contributed by atoms with Crippen molar-refractivity contribution in [2.75, 3.05) is 0 Å². The fourth-order valence-electron chi connectivity index (χ4n) is 2.16. The summed E-state index contributed by atoms with van der Waals surface area (Å²) in [6.45, 7) is 0. The minimum absolute atomic E-state index is 0.00633. The Balaban J connectivity index is 2.24. The number of ether oxygens (including phenoxy) is 1. The van der Waals surface area contributed by atoms with E-state index in [9.17, 15) is 18.0 Å². The van der Waals surface area contributed by atoms with E-state index in [0.717, 1.165) is 37.8 Å². The molecule has 1 aliphatic rings. The predicted octanol–water partition coefficient (Wildman–Crippen LogP) is 3.84. The van der Waals surface area contributed by atoms with Gasteiger partial charge < -0.3 is 4.74 Å². The Bertz CT molecular complexity index is 434. The van der Waals surface area contributed by atoms with Crippen LogP contribution in [0.3, 0.4) is 0 Å². The van der Waals surface area contributed by atoms with Crippen LogP contribution in [0.4, 0.5) is 13.2 Å². The normalized spacial score (nSPS) is 16.8. The Morgan fingerprint density at radius 1 is 1.22 bits per heavy atom. The molecule has 1 aliphatic carbocycles. The zero-order valence-corrected chi connectivity index (χ0v) is 9.67. The van der Waals surface area contributed by atoms with Crippen LogP contribution in [0.5, 0.6) is 5.75 Å². The smallest absolute Gasteiger partial charge is 0.417 e. The summed E-state index contributed by atoms with van der Waals surface area (Å²) in [7, 11) is 0. The van der Waals surface area contributed by atoms with Crippen molar-refractivity contribution < 1.29 is 22.7 Å². The molecule has 2 rings (SSSR count). The van der Waals surface area contributed by atoms with Gasteiger partial charge in [-0.25, -0.2) is 0 Å². The summed E-state index contributed by atoms with van der Waals surface area (Å²) >= 11 is 0. The monoisotopic (exact) mass is 258 g/mol. The van der Waals surface area contributed by atoms with Crippen molar-refractivity contribution in [1.29, 1.82) is 0 Å². The first-order valence-corrected chi connectivity index (χ1v) is 5.84. The van der Waals surface area contributed by atoms with E-state index < -0.39 is 11.7 Å². The molecule has 1 saturated carbocycles. The average molecular weight is 258 g/mol. The molecule has 0 amide bonds. The minimum atomic E-state index is -4.54. The molecule has 0 saturated heterocycles. The Kier molecular flexibility index (Phi) is 3.59. The maximum atomic E-state index is 12.7. The quantitative estimate of drug-likeness (QED) is 0.770. The molecular formula is C13H13F3O2. The molecule has 0 aromatic heterocycles. The van der Waals surface area contributed by atoms with Crippen LogP contribution in [0, 0.1) is 0 Å². The highest BCUT2D eigenvalue weighted by Gasteiger charge is 2.34. The van der Waals surface area contributed by atoms with E-state index in [1.54, 1.807) is 0 Å². The van der Waals surface area contributed by atoms with Gasteiger partial charge in [0.15, 0.2) is 6.29 Å². The average Bonchev–Trinajstić information content (AvgIpc) is 2.80. The summed E-state index contributed by atoms with van der Waals surface area (Å²) < 4.78 is 43.6. The van der Waals surface area contributed by atoms with Gasteiger partial charge in [0.2, 0.25) is 0 Å². The first kappa shape index (κ1) is 12.9. The summed E-state index contributed by atoms with van der Waals surface area (Å²) in [4.78, 5) is 10.6. The predicted molar refractivity (Wildman–Crippen MR) is 59.7 cm³/mol. The molecule has 0 atom stereocenters. The van der Waals surface area contributed by atoms with Crippen molar-refractivity contribution in [1.82, 2.24) is 0 Å². The lowest BCUT2D eigenvalue weighted by Gasteiger charge is -2.15. The van der Waals surface area contributed by atoms with Gasteiger partial charge in [0.25, 0.3) is 0 Å². The molecule has 0 aliphatic heterocycles. The van der Waals surface area contributed by atoms with Crippen LogP contribution in [-0.4, -0.2) is 12.4 Å². The Hall–Kier alpha value is -1.52. The van der Waals surface area contributed by atoms with Crippen LogP contribution < -0.4 is 4.74 Å². The fraction of sp³-hybridized carbons (Fsp3) is 0.462. The first-order valence-electron chi connectivity index (χ1n) is 5.84. The second kappa shape index (κ2) is 5.00. The molecule has 0 unspecified atom stereocenters. The Morgan fingerprint density at radius 2 is 1.89 bits per heavy atom. The molecule has 0 heterocycles. The lowest BCUT2D eigenvalue weighted by atomic mass is 10.1. The zero-order valence-electron chi connectivity index (χ0n) is 9.67. The minimum Gasteiger partial charge on any atom is -0.490 e. The van der Waals surface area contributed by atoms with Gasteiger partial charge in [-0.15, -0.1) is 0 Å². The van der Waals surface area contributed by atoms with Crippen molar-refractivity contribution in [3.8, 4) is 5.75 Å². The highest BCUT2D eigenvalue weighted by Crippen LogP contribution is 2.34. The highest BCUT2D eigenvalue weighted by molar-refractivity contribution is 5.78. The van der Waals surface area contributed by atoms with Crippen LogP contribution in [0.2, 0.25) is 0 Å². The summed E-state index contributed by atoms with van der Waals surface area (Å²) in [6.07, 6.45) is -0.499. The van der Waals surface area contributed by atoms with Gasteiger partial charge in [-0.2, -0.15) is 13.2 Å². The Morgan fingerprint density at radius 3 is 2.44 bits per heavy atom. The van der Waals surface area contributed by atoms with E-state index >= 15 is 0 Å². The summed E-state index contributed by atoms with van der Waals surface area (Å²) in [6, 6.07) is 3.47. The van der Waals surface area contributed by atoms with Crippen LogP contribution >= 0.6 is 0 Å². The second-order valence-corrected chi connectivity index (χ2v) is 4.39. The number of halogens is 3. The van der Waals surface area contributed by atoms with E-state index in [0.29, 0.717) is 0 Å². The maximum absolute atomic E-state index is 12.7. The standard InChI is InChI=1S/C13H13F3O2/c14-13(15,16)12-7-11(6-5-9(12)8-17)18-10-3-1-2-4-10/h5-8,10H,1-4H2. The number of rotatable bonds is 3. The van der Waals surface area contributed by atoms with E-state index in [2.05, 4.69) is 0 Å². The molecule has 2 nitrogen and oxygen atoms in total. The lowest BCUT2D eigenvalue weighted by molar-refractivity contribution is -0.138. The number of alkyl halides is 3. The van der Waals surface area contributed by atoms with Crippen LogP contribution in [0.1, 0.15) is 41.6 Å². The fourth-order valence-corrected chi connectivity index (χ4v) is 2.16. The van der Waals surface area contributed by atoms with Crippen molar-refractivity contribution in [2.45, 2.75) is 38.0 Å². The molecule has 1 fully saturated rings. The summed E-state index contributed by atoms with van der Waals surface area (Å²) in [5.41, 5.74) is -1.30. The van der Waals surface area contributed by atoms with E-state index in [1.807, 2.05) is 0 Å². The van der Waals surface area contributed by atoms with Gasteiger partial charge in [-0.3, -0.25) is 4.79 Å². The second-order valence-electron chi connectivity index (χ2n) is 4.39. The molecule has 0 radical (unpaired) electrons. The van der Waals surface area contributed by atoms with Gasteiger partial charge in [-0.1, -0.05) is 0 Å². The van der Waals surface area contributed by atoms with Gasteiger partial charge in [0, 0.05) is 5.56 Å². The van der Waals surface area contributed by atoms with Crippen molar-refractivity contribution >= 4 is 6.29 Å². The van der Waals surface area contributed by atoms with E-state index in [-0.39, 0.29) is 23.7 Å². The first-order chi connectivity index (χ1) is 8.50. The van der Waals surface area contributed by atoms with Crippen LogP contribution in [-0.2, 0) is 6.18 Å². The van der Waals surface area contributed by atoms with Crippen molar-refractivity contribution in [3.63, 3.8) is 0 Å². The number of hydrogen-bond acceptors (Lipinski definition) is 2. The number of carbonyl (C=O) groups is 1. The van der Waals surface area contributed by atoms with E-state index in [1.165, 1.54) is 6.07 Å². The third-order valence-corrected chi connectivity index (χ3v) is 3.06. The third kappa shape index (κ3) is 2.83. The lowest BCUT2D eigenvalue weighted by Crippen LogP contribution is -2.13. The largest absolute Gasteiger partial charge is 0.490 e. The van der Waals surface area contributed by atoms with Crippen LogP contribution in [0.15, 0.2) is 18.2 Å². The van der Waals surface area contributed by atoms with Crippen molar-refractivity contribution in [3.05, 3.63) is 29.3 Å². The number of carbonyl (C=O) groups excluding carboxylic acids is 1. The van der Waals surface area contributed by atoms with E-state index in [4.69, 9.17) is 4.74 Å². The summed E-state index contributed by atoms with van der Waals surface area (Å²) in [5.74, 6) is 0.180. The topological polar surface area (TPSA) is 26.3 Å². The SMILES string of the molecule is O=Cc1ccc(OC2CCCC2)cc1C(F)(F)F. The zero-order chi connectivity index (χ0) is 13.2. The number of benzene rings is 1. The molecule has 1 aromatic rings. The molecule has 18 heavy (non-hydrogen) atoms. The van der Waals surface area contributed by atoms with Gasteiger partial charge in [0.05, 0.1) is 11.7 Å². The van der Waals surface area contributed by atoms with Gasteiger partial charge in [0.1, 0.15) is 5.75 Å². The third-order valence-electron chi connectivity index (χ3n) is 3.06. The van der Waals surface area contributed by atoms with Gasteiger partial charge >= 0.3 is 6.18 Å². The van der Waals surface area contributed by atoms with Crippen LogP contribution in [0.25, 0.3) is 0 Å². The molecular weight excluding hydrogens is 245 g/mol. The molecule has 1 aromatic carbocycles. The Labute approximate surface area is 103 Å². The molecule has 5 heteroatoms. The molecule has 0 spiro atoms. The molecule has 0 N–H and O–H groups in total. The highest BCUT2D eigenvalue weighted by atomic mass is 19.4. The molecule has 0 bridgehead atoms. The van der Waals surface area contributed by atoms with Crippen molar-refractivity contribution in [2.24, 2.45) is 0 Å². The maximum Gasteiger partial charge on any atom is 0.417 e. The molecule has 98 valence electrons. The number of aldehydes is 1.